The summed E-state index contributed by atoms with van der Waals surface area (Å²) in [6.07, 6.45) is 0. The van der Waals surface area contributed by atoms with Crippen LogP contribution in [0.3, 0.4) is 0 Å². The van der Waals surface area contributed by atoms with Crippen molar-refractivity contribution in [3.63, 3.8) is 0 Å². The first-order valence-electron chi connectivity index (χ1n) is 2.78. The van der Waals surface area contributed by atoms with Crippen LogP contribution in [0, 0.1) is 16.7 Å². The van der Waals surface area contributed by atoms with Crippen molar-refractivity contribution in [2.75, 3.05) is 0 Å². The van der Waals surface area contributed by atoms with Crippen LogP contribution >= 0.6 is 0 Å². The summed E-state index contributed by atoms with van der Waals surface area (Å²) < 4.78 is 0. The van der Waals surface area contributed by atoms with Gasteiger partial charge in [0.25, 0.3) is 0 Å². The van der Waals surface area contributed by atoms with E-state index in [0.717, 1.165) is 5.04 Å². The van der Waals surface area contributed by atoms with E-state index in [-0.39, 0.29) is 24.8 Å². The van der Waals surface area contributed by atoms with Crippen molar-refractivity contribution in [2.45, 2.75) is 6.92 Å². The number of nitrogens with zero attached hydrogens (tertiary/aromatic N) is 1. The van der Waals surface area contributed by atoms with E-state index in [0.29, 0.717) is 0 Å². The number of nitroso groups, excluding NO2 is 2. The molecule has 0 aliphatic rings. The lowest BCUT2D eigenvalue weighted by molar-refractivity contribution is -0.001000. The normalized spacial score (nSPS) is 5.75. The third kappa shape index (κ3) is 11.9. The summed E-state index contributed by atoms with van der Waals surface area (Å²) in [5.74, 6) is 0. The molecule has 0 fully saturated rings. The summed E-state index contributed by atoms with van der Waals surface area (Å²) in [6, 6.07) is 10.3. The fraction of sp³-hybridized carbons (Fsp3) is 0.143. The Hall–Kier alpha value is -0.890. The van der Waals surface area contributed by atoms with Gasteiger partial charge in [-0.25, -0.2) is 0 Å². The van der Waals surface area contributed by atoms with E-state index in [1.165, 1.54) is 5.56 Å². The maximum Gasteiger partial charge on any atom is 0.569 e. The number of benzene rings is 1. The summed E-state index contributed by atoms with van der Waals surface area (Å²) in [7, 11) is 0. The van der Waals surface area contributed by atoms with Crippen molar-refractivity contribution in [2.24, 2.45) is 0 Å². The van der Waals surface area contributed by atoms with E-state index >= 15 is 0 Å². The Bertz CT molecular complexity index is 210. The van der Waals surface area contributed by atoms with Gasteiger partial charge in [0.1, 0.15) is 0 Å². The first-order valence-corrected chi connectivity index (χ1v) is 2.78. The molecular weight excluding hydrogens is 201 g/mol. The predicted molar refractivity (Wildman–Crippen MR) is 40.0 cm³/mol. The van der Waals surface area contributed by atoms with Gasteiger partial charge < -0.3 is 24.8 Å². The van der Waals surface area contributed by atoms with E-state index in [9.17, 15) is 0 Å². The highest BCUT2D eigenvalue weighted by molar-refractivity contribution is 5.11. The van der Waals surface area contributed by atoms with E-state index in [1.807, 2.05) is 18.2 Å². The molecule has 0 heterocycles. The van der Waals surface area contributed by atoms with Gasteiger partial charge in [0.15, 0.2) is 0 Å². The fourth-order valence-corrected chi connectivity index (χ4v) is 0.534. The van der Waals surface area contributed by atoms with Gasteiger partial charge in [-0.2, -0.15) is 0 Å². The number of hydrogen-bond acceptors (Lipinski definition) is 2. The van der Waals surface area contributed by atoms with Crippen molar-refractivity contribution in [1.29, 1.82) is 0 Å². The summed E-state index contributed by atoms with van der Waals surface area (Å²) >= 11 is 0. The van der Waals surface area contributed by atoms with Crippen LogP contribution < -0.4 is 29.9 Å². The Morgan fingerprint density at radius 2 is 1.33 bits per heavy atom. The maximum absolute atomic E-state index is 8.00. The molecule has 0 radical (unpaired) electrons. The van der Waals surface area contributed by atoms with Gasteiger partial charge in [0, 0.05) is 0 Å². The third-order valence-corrected chi connectivity index (χ3v) is 0.940. The van der Waals surface area contributed by atoms with Crippen LogP contribution in [0.25, 0.3) is 0 Å². The molecule has 0 amide bonds. The molecule has 0 unspecified atom stereocenters. The molecule has 0 atom stereocenters. The van der Waals surface area contributed by atoms with Crippen LogP contribution in [0.1, 0.15) is 5.56 Å². The third-order valence-electron chi connectivity index (χ3n) is 0.940. The smallest absolute Gasteiger partial charge is 0.569 e. The molecule has 0 spiro atoms. The second kappa shape index (κ2) is 12.8. The Balaban J connectivity index is -0.000000146. The Labute approximate surface area is 82.9 Å². The highest BCUT2D eigenvalue weighted by atomic mass is 35.5. The molecular formula is C7H8Cl2NO2-. The Morgan fingerprint density at radius 1 is 1.00 bits per heavy atom. The molecule has 12 heavy (non-hydrogen) atoms. The van der Waals surface area contributed by atoms with E-state index in [1.54, 1.807) is 0 Å². The minimum atomic E-state index is 0. The minimum Gasteiger partial charge on any atom is -1.00 e. The van der Waals surface area contributed by atoms with Gasteiger partial charge >= 0.3 is 5.04 Å². The number of aryl methyl sites for hydroxylation is 1. The molecule has 0 bridgehead atoms. The Kier molecular flexibility index (Phi) is 18.4. The zero-order chi connectivity index (χ0) is 7.82. The van der Waals surface area contributed by atoms with Crippen molar-refractivity contribution < 1.29 is 24.8 Å². The molecule has 1 aromatic rings. The summed E-state index contributed by atoms with van der Waals surface area (Å²) in [4.78, 5) is 16.0. The first-order chi connectivity index (χ1) is 4.81. The van der Waals surface area contributed by atoms with Crippen LogP contribution in [0.2, 0.25) is 0 Å². The van der Waals surface area contributed by atoms with E-state index < -0.39 is 0 Å². The predicted octanol–water partition coefficient (Wildman–Crippen LogP) is -4.41. The van der Waals surface area contributed by atoms with Crippen LogP contribution in [-0.4, -0.2) is 0 Å². The van der Waals surface area contributed by atoms with Gasteiger partial charge in [0.2, 0.25) is 9.81 Å². The van der Waals surface area contributed by atoms with Gasteiger partial charge in [-0.1, -0.05) is 35.9 Å². The van der Waals surface area contributed by atoms with Crippen LogP contribution in [0.4, 0.5) is 0 Å². The molecule has 0 aromatic heterocycles. The largest absolute Gasteiger partial charge is 1.00 e. The fourth-order valence-electron chi connectivity index (χ4n) is 0.534. The molecule has 0 aliphatic carbocycles. The first kappa shape index (κ1) is 17.3. The summed E-state index contributed by atoms with van der Waals surface area (Å²) in [5, 5.41) is 1.00. The second-order valence-electron chi connectivity index (χ2n) is 1.73. The topological polar surface area (TPSA) is 48.2 Å². The molecule has 3 nitrogen and oxygen atoms in total. The Morgan fingerprint density at radius 3 is 1.50 bits per heavy atom. The van der Waals surface area contributed by atoms with E-state index in [2.05, 4.69) is 19.1 Å². The molecule has 1 rings (SSSR count). The number of halogens is 2. The SMILES string of the molecule is Cc1ccccc1.O=[N+]=O.[Cl-].[Cl-]. The molecule has 0 N–H and O–H groups in total. The maximum atomic E-state index is 8.00. The van der Waals surface area contributed by atoms with Crippen molar-refractivity contribution in [1.82, 2.24) is 5.04 Å². The molecule has 5 heteroatoms. The monoisotopic (exact) mass is 208 g/mol. The molecule has 0 aliphatic heterocycles. The van der Waals surface area contributed by atoms with Crippen LogP contribution in [0.15, 0.2) is 30.3 Å². The highest BCUT2D eigenvalue weighted by Crippen LogP contribution is 1.92. The second-order valence-corrected chi connectivity index (χ2v) is 1.73. The molecule has 1 aromatic carbocycles. The average molecular weight is 209 g/mol. The lowest BCUT2D eigenvalue weighted by Gasteiger charge is -1.82. The standard InChI is InChI=1S/C7H8.2ClH.NO2/c1-7-5-3-2-4-6-7;;;2-1-3/h2-6H,1H3;2*1H;/q;;;+1/p-2. The lowest BCUT2D eigenvalue weighted by Crippen LogP contribution is -3.00. The van der Waals surface area contributed by atoms with Gasteiger partial charge in [0.05, 0.1) is 0 Å². The number of rotatable bonds is 0. The lowest BCUT2D eigenvalue weighted by atomic mass is 10.2. The van der Waals surface area contributed by atoms with E-state index in [4.69, 9.17) is 9.81 Å². The van der Waals surface area contributed by atoms with Gasteiger partial charge in [-0.3, -0.25) is 0 Å². The van der Waals surface area contributed by atoms with Crippen molar-refractivity contribution >= 4 is 0 Å². The number of hydrogen-bond donors (Lipinski definition) is 0. The van der Waals surface area contributed by atoms with Crippen molar-refractivity contribution in [3.8, 4) is 0 Å². The zero-order valence-electron chi connectivity index (χ0n) is 6.41. The molecule has 68 valence electrons. The molecule has 0 saturated heterocycles. The van der Waals surface area contributed by atoms with Crippen LogP contribution in [0.5, 0.6) is 0 Å². The van der Waals surface area contributed by atoms with Gasteiger partial charge in [-0.05, 0) is 6.92 Å². The zero-order valence-corrected chi connectivity index (χ0v) is 7.92. The summed E-state index contributed by atoms with van der Waals surface area (Å²) in [6.45, 7) is 2.08. The van der Waals surface area contributed by atoms with Crippen LogP contribution in [-0.2, 0) is 0 Å². The average Bonchev–Trinajstić information content (AvgIpc) is 1.91. The highest BCUT2D eigenvalue weighted by Gasteiger charge is 1.72. The van der Waals surface area contributed by atoms with Crippen molar-refractivity contribution in [3.05, 3.63) is 45.7 Å². The van der Waals surface area contributed by atoms with Gasteiger partial charge in [-0.15, -0.1) is 0 Å². The summed E-state index contributed by atoms with van der Waals surface area (Å²) in [5.41, 5.74) is 1.32. The molecule has 0 saturated carbocycles. The quantitative estimate of drug-likeness (QED) is 0.405. The minimum absolute atomic E-state index is 0.